The predicted octanol–water partition coefficient (Wildman–Crippen LogP) is 0.667. The summed E-state index contributed by atoms with van der Waals surface area (Å²) in [5.74, 6) is 0. The average molecular weight is 113 g/mol. The van der Waals surface area contributed by atoms with E-state index in [0.29, 0.717) is 12.5 Å². The molecule has 44 valence electrons. The van der Waals surface area contributed by atoms with Gasteiger partial charge in [-0.25, -0.2) is 0 Å². The SMILES string of the molecule is CC(=N)/C(C=O)=C\O. The Kier molecular flexibility index (Phi) is 2.54. The molecule has 8 heavy (non-hydrogen) atoms. The van der Waals surface area contributed by atoms with E-state index in [1.54, 1.807) is 0 Å². The fourth-order valence-corrected chi connectivity index (χ4v) is 0.216. The molecule has 0 spiro atoms. The van der Waals surface area contributed by atoms with E-state index in [0.717, 1.165) is 0 Å². The van der Waals surface area contributed by atoms with Crippen LogP contribution >= 0.6 is 0 Å². The molecular weight excluding hydrogens is 106 g/mol. The van der Waals surface area contributed by atoms with Crippen LogP contribution in [0.3, 0.4) is 0 Å². The third kappa shape index (κ3) is 1.55. The van der Waals surface area contributed by atoms with Gasteiger partial charge in [0.25, 0.3) is 0 Å². The molecule has 0 heterocycles. The van der Waals surface area contributed by atoms with Crippen LogP contribution in [0.1, 0.15) is 6.92 Å². The second kappa shape index (κ2) is 2.96. The highest BCUT2D eigenvalue weighted by Gasteiger charge is 1.93. The van der Waals surface area contributed by atoms with Gasteiger partial charge in [0.15, 0.2) is 6.29 Å². The highest BCUT2D eigenvalue weighted by molar-refractivity contribution is 6.11. The van der Waals surface area contributed by atoms with Crippen LogP contribution in [-0.2, 0) is 4.79 Å². The van der Waals surface area contributed by atoms with Crippen molar-refractivity contribution < 1.29 is 9.90 Å². The number of allylic oxidation sites excluding steroid dienone is 1. The minimum atomic E-state index is 0.0185. The maximum Gasteiger partial charge on any atom is 0.154 e. The molecule has 3 heteroatoms. The Hall–Kier alpha value is -1.12. The van der Waals surface area contributed by atoms with E-state index in [-0.39, 0.29) is 11.3 Å². The smallest absolute Gasteiger partial charge is 0.154 e. The van der Waals surface area contributed by atoms with Crippen LogP contribution in [0.2, 0.25) is 0 Å². The first-order valence-electron chi connectivity index (χ1n) is 2.07. The molecule has 0 fully saturated rings. The van der Waals surface area contributed by atoms with Crippen molar-refractivity contribution in [3.05, 3.63) is 11.8 Å². The lowest BCUT2D eigenvalue weighted by molar-refractivity contribution is -0.104. The van der Waals surface area contributed by atoms with Crippen molar-refractivity contribution in [2.75, 3.05) is 0 Å². The fourth-order valence-electron chi connectivity index (χ4n) is 0.216. The highest BCUT2D eigenvalue weighted by Crippen LogP contribution is 1.87. The van der Waals surface area contributed by atoms with Crippen molar-refractivity contribution in [3.8, 4) is 0 Å². The molecule has 0 unspecified atom stereocenters. The van der Waals surface area contributed by atoms with Crippen LogP contribution in [0, 0.1) is 5.41 Å². The minimum absolute atomic E-state index is 0.0185. The molecule has 3 nitrogen and oxygen atoms in total. The van der Waals surface area contributed by atoms with Crippen LogP contribution in [0.25, 0.3) is 0 Å². The van der Waals surface area contributed by atoms with Crippen LogP contribution in [-0.4, -0.2) is 17.1 Å². The molecule has 0 rings (SSSR count). The summed E-state index contributed by atoms with van der Waals surface area (Å²) < 4.78 is 0. The quantitative estimate of drug-likeness (QED) is 0.239. The monoisotopic (exact) mass is 113 g/mol. The summed E-state index contributed by atoms with van der Waals surface area (Å²) in [7, 11) is 0. The van der Waals surface area contributed by atoms with Gasteiger partial charge < -0.3 is 10.5 Å². The van der Waals surface area contributed by atoms with E-state index in [4.69, 9.17) is 10.5 Å². The van der Waals surface area contributed by atoms with Gasteiger partial charge in [-0.15, -0.1) is 0 Å². The van der Waals surface area contributed by atoms with E-state index in [2.05, 4.69) is 0 Å². The van der Waals surface area contributed by atoms with E-state index >= 15 is 0 Å². The second-order valence-electron chi connectivity index (χ2n) is 1.33. The third-order valence-corrected chi connectivity index (χ3v) is 0.699. The van der Waals surface area contributed by atoms with Gasteiger partial charge in [0.05, 0.1) is 11.8 Å². The highest BCUT2D eigenvalue weighted by atomic mass is 16.2. The molecule has 2 N–H and O–H groups in total. The average Bonchev–Trinajstić information content (AvgIpc) is 1.69. The van der Waals surface area contributed by atoms with Gasteiger partial charge in [-0.3, -0.25) is 4.79 Å². The first-order valence-corrected chi connectivity index (χ1v) is 2.07. The van der Waals surface area contributed by atoms with E-state index in [9.17, 15) is 4.79 Å². The lowest BCUT2D eigenvalue weighted by Gasteiger charge is -1.87. The summed E-state index contributed by atoms with van der Waals surface area (Å²) in [4.78, 5) is 9.81. The zero-order chi connectivity index (χ0) is 6.57. The molecule has 0 aromatic rings. The molecule has 0 aliphatic carbocycles. The van der Waals surface area contributed by atoms with Gasteiger partial charge in [-0.1, -0.05) is 0 Å². The summed E-state index contributed by atoms with van der Waals surface area (Å²) in [5, 5.41) is 15.0. The maximum atomic E-state index is 9.81. The summed E-state index contributed by atoms with van der Waals surface area (Å²) in [6, 6.07) is 0. The second-order valence-corrected chi connectivity index (χ2v) is 1.33. The minimum Gasteiger partial charge on any atom is -0.515 e. The number of carbonyl (C=O) groups excluding carboxylic acids is 1. The Labute approximate surface area is 47.2 Å². The molecule has 0 saturated heterocycles. The van der Waals surface area contributed by atoms with Gasteiger partial charge in [-0.05, 0) is 6.92 Å². The number of aliphatic hydroxyl groups is 1. The standard InChI is InChI=1S/C5H7NO2/c1-4(6)5(2-7)3-8/h2-3,6-7H,1H3/b5-2-,6-4?. The van der Waals surface area contributed by atoms with Crippen LogP contribution in [0.4, 0.5) is 0 Å². The van der Waals surface area contributed by atoms with Crippen LogP contribution in [0.5, 0.6) is 0 Å². The van der Waals surface area contributed by atoms with Gasteiger partial charge >= 0.3 is 0 Å². The summed E-state index contributed by atoms with van der Waals surface area (Å²) in [6.07, 6.45) is 1.05. The van der Waals surface area contributed by atoms with Gasteiger partial charge in [0.2, 0.25) is 0 Å². The summed E-state index contributed by atoms with van der Waals surface area (Å²) >= 11 is 0. The number of nitrogens with one attached hydrogen (secondary N) is 1. The van der Waals surface area contributed by atoms with E-state index in [1.807, 2.05) is 0 Å². The molecule has 0 aliphatic rings. The lowest BCUT2D eigenvalue weighted by Crippen LogP contribution is -1.95. The van der Waals surface area contributed by atoms with Crippen molar-refractivity contribution in [2.24, 2.45) is 0 Å². The largest absolute Gasteiger partial charge is 0.515 e. The number of hydrogen-bond donors (Lipinski definition) is 2. The summed E-state index contributed by atoms with van der Waals surface area (Å²) in [5.41, 5.74) is 0.0903. The van der Waals surface area contributed by atoms with Crippen molar-refractivity contribution in [2.45, 2.75) is 6.92 Å². The molecule has 0 saturated carbocycles. The van der Waals surface area contributed by atoms with Gasteiger partial charge in [0, 0.05) is 5.71 Å². The molecule has 0 bridgehead atoms. The van der Waals surface area contributed by atoms with Crippen molar-refractivity contribution in [1.82, 2.24) is 0 Å². The summed E-state index contributed by atoms with van der Waals surface area (Å²) in [6.45, 7) is 1.43. The lowest BCUT2D eigenvalue weighted by atomic mass is 10.2. The Morgan fingerprint density at radius 3 is 2.25 bits per heavy atom. The molecule has 0 radical (unpaired) electrons. The number of aliphatic hydroxyl groups excluding tert-OH is 1. The Bertz CT molecular complexity index is 137. The molecule has 0 atom stereocenters. The van der Waals surface area contributed by atoms with Gasteiger partial charge in [0.1, 0.15) is 0 Å². The Balaban J connectivity index is 4.13. The zero-order valence-electron chi connectivity index (χ0n) is 4.51. The van der Waals surface area contributed by atoms with Crippen molar-refractivity contribution >= 4 is 12.0 Å². The molecule has 0 aromatic carbocycles. The number of carbonyl (C=O) groups is 1. The number of rotatable bonds is 2. The Morgan fingerprint density at radius 2 is 2.25 bits per heavy atom. The normalized spacial score (nSPS) is 10.9. The molecule has 0 aliphatic heterocycles. The van der Waals surface area contributed by atoms with Crippen LogP contribution < -0.4 is 0 Å². The molecular formula is C5H7NO2. The first-order chi connectivity index (χ1) is 3.72. The first kappa shape index (κ1) is 6.88. The van der Waals surface area contributed by atoms with Crippen molar-refractivity contribution in [1.29, 1.82) is 5.41 Å². The van der Waals surface area contributed by atoms with Gasteiger partial charge in [-0.2, -0.15) is 0 Å². The van der Waals surface area contributed by atoms with E-state index < -0.39 is 0 Å². The predicted molar refractivity (Wildman–Crippen MR) is 30.2 cm³/mol. The number of hydrogen-bond acceptors (Lipinski definition) is 3. The zero-order valence-corrected chi connectivity index (χ0v) is 4.51. The molecule has 0 aromatic heterocycles. The number of aldehydes is 1. The molecule has 0 amide bonds. The van der Waals surface area contributed by atoms with Crippen LogP contribution in [0.15, 0.2) is 11.8 Å². The topological polar surface area (TPSA) is 61.2 Å². The third-order valence-electron chi connectivity index (χ3n) is 0.699. The Morgan fingerprint density at radius 1 is 1.75 bits per heavy atom. The maximum absolute atomic E-state index is 9.81. The van der Waals surface area contributed by atoms with E-state index in [1.165, 1.54) is 6.92 Å². The fraction of sp³-hybridized carbons (Fsp3) is 0.200. The van der Waals surface area contributed by atoms with Crippen molar-refractivity contribution in [3.63, 3.8) is 0 Å².